The van der Waals surface area contributed by atoms with Crippen molar-refractivity contribution in [2.45, 2.75) is 12.8 Å². The van der Waals surface area contributed by atoms with E-state index in [1.807, 2.05) is 0 Å². The van der Waals surface area contributed by atoms with Crippen molar-refractivity contribution in [2.24, 2.45) is 0 Å². The van der Waals surface area contributed by atoms with Gasteiger partial charge in [-0.2, -0.15) is 0 Å². The maximum atomic E-state index is 2.52. The largest absolute Gasteiger partial charge is 0.0988 e. The molecule has 0 aromatic heterocycles. The van der Waals surface area contributed by atoms with Gasteiger partial charge in [0.15, 0.2) is 0 Å². The van der Waals surface area contributed by atoms with Crippen molar-refractivity contribution in [3.05, 3.63) is 121 Å². The second kappa shape index (κ2) is 10.9. The van der Waals surface area contributed by atoms with Crippen molar-refractivity contribution in [1.82, 2.24) is 0 Å². The van der Waals surface area contributed by atoms with E-state index in [1.54, 1.807) is 0 Å². The summed E-state index contributed by atoms with van der Waals surface area (Å²) in [5.74, 6) is 0. The van der Waals surface area contributed by atoms with Gasteiger partial charge in [-0.05, 0) is 61.8 Å². The van der Waals surface area contributed by atoms with Crippen LogP contribution in [0.4, 0.5) is 0 Å². The minimum atomic E-state index is -1.37. The Morgan fingerprint density at radius 3 is 1.32 bits per heavy atom. The highest BCUT2D eigenvalue weighted by Gasteiger charge is 2.36. The molecule has 0 atom stereocenters. The predicted molar refractivity (Wildman–Crippen MR) is 143 cm³/mol. The van der Waals surface area contributed by atoms with Gasteiger partial charge in [-0.3, -0.25) is 0 Å². The lowest BCUT2D eigenvalue weighted by molar-refractivity contribution is 0.899. The SMILES string of the molecule is C[P+](CCCCP(c1ccccc1)c1ccccc1)(c1ccccc1)c1ccccc1. The molecule has 0 radical (unpaired) electrons. The average Bonchev–Trinajstić information content (AvgIpc) is 2.86. The standard InChI is InChI=1S/C29H31P2/c1-31(28-20-10-4-11-21-28,29-22-12-5-13-23-29)25-15-14-24-30(26-16-6-2-7-17-26)27-18-8-3-9-19-27/h2-13,16-23H,14-15,24-25H2,1H3/q+1. The first-order valence-corrected chi connectivity index (χ1v) is 15.1. The topological polar surface area (TPSA) is 0 Å². The summed E-state index contributed by atoms with van der Waals surface area (Å²) in [6, 6.07) is 44.6. The molecule has 0 spiro atoms. The van der Waals surface area contributed by atoms with Crippen LogP contribution in [-0.4, -0.2) is 19.0 Å². The zero-order valence-corrected chi connectivity index (χ0v) is 20.1. The number of unbranched alkanes of at least 4 members (excludes halogenated alkanes) is 1. The van der Waals surface area contributed by atoms with Crippen molar-refractivity contribution in [3.63, 3.8) is 0 Å². The first-order valence-electron chi connectivity index (χ1n) is 11.1. The third kappa shape index (κ3) is 5.51. The van der Waals surface area contributed by atoms with Crippen LogP contribution in [0.1, 0.15) is 12.8 Å². The van der Waals surface area contributed by atoms with E-state index in [0.29, 0.717) is 0 Å². The Kier molecular flexibility index (Phi) is 7.69. The molecule has 0 saturated carbocycles. The molecule has 31 heavy (non-hydrogen) atoms. The van der Waals surface area contributed by atoms with Gasteiger partial charge < -0.3 is 0 Å². The second-order valence-electron chi connectivity index (χ2n) is 8.12. The lowest BCUT2D eigenvalue weighted by atomic mass is 10.4. The summed E-state index contributed by atoms with van der Waals surface area (Å²) in [7, 11) is -1.67. The summed E-state index contributed by atoms with van der Waals surface area (Å²) in [6.07, 6.45) is 5.07. The van der Waals surface area contributed by atoms with E-state index in [-0.39, 0.29) is 7.92 Å². The molecular formula is C29H31P2+. The molecule has 0 saturated heterocycles. The van der Waals surface area contributed by atoms with E-state index >= 15 is 0 Å². The van der Waals surface area contributed by atoms with Crippen LogP contribution in [0.25, 0.3) is 0 Å². The van der Waals surface area contributed by atoms with Crippen molar-refractivity contribution in [3.8, 4) is 0 Å². The predicted octanol–water partition coefficient (Wildman–Crippen LogP) is 6.20. The highest BCUT2D eigenvalue weighted by atomic mass is 31.2. The van der Waals surface area contributed by atoms with Crippen LogP contribution >= 0.6 is 15.2 Å². The van der Waals surface area contributed by atoms with Gasteiger partial charge in [-0.25, -0.2) is 0 Å². The van der Waals surface area contributed by atoms with Crippen LogP contribution < -0.4 is 21.2 Å². The molecule has 0 nitrogen and oxygen atoms in total. The maximum absolute atomic E-state index is 2.52. The zero-order chi connectivity index (χ0) is 21.4. The quantitative estimate of drug-likeness (QED) is 0.214. The van der Waals surface area contributed by atoms with E-state index < -0.39 is 7.26 Å². The first-order chi connectivity index (χ1) is 15.3. The third-order valence-electron chi connectivity index (χ3n) is 6.02. The van der Waals surface area contributed by atoms with Crippen LogP contribution in [0.5, 0.6) is 0 Å². The molecule has 0 amide bonds. The van der Waals surface area contributed by atoms with Crippen molar-refractivity contribution in [2.75, 3.05) is 19.0 Å². The van der Waals surface area contributed by atoms with E-state index in [4.69, 9.17) is 0 Å². The summed E-state index contributed by atoms with van der Waals surface area (Å²) in [4.78, 5) is 0. The molecule has 4 aromatic carbocycles. The van der Waals surface area contributed by atoms with E-state index in [0.717, 1.165) is 0 Å². The van der Waals surface area contributed by atoms with Crippen molar-refractivity contribution >= 4 is 36.4 Å². The fourth-order valence-electron chi connectivity index (χ4n) is 4.24. The van der Waals surface area contributed by atoms with Crippen molar-refractivity contribution < 1.29 is 0 Å². The molecule has 0 heterocycles. The molecule has 0 bridgehead atoms. The van der Waals surface area contributed by atoms with Crippen LogP contribution in [0, 0.1) is 0 Å². The molecule has 156 valence electrons. The molecule has 0 N–H and O–H groups in total. The Morgan fingerprint density at radius 1 is 0.516 bits per heavy atom. The monoisotopic (exact) mass is 441 g/mol. The lowest BCUT2D eigenvalue weighted by Gasteiger charge is -2.24. The Morgan fingerprint density at radius 2 is 0.903 bits per heavy atom. The van der Waals surface area contributed by atoms with Crippen LogP contribution in [0.15, 0.2) is 121 Å². The van der Waals surface area contributed by atoms with E-state index in [1.165, 1.54) is 46.4 Å². The van der Waals surface area contributed by atoms with Gasteiger partial charge in [0.25, 0.3) is 0 Å². The Labute approximate surface area is 189 Å². The van der Waals surface area contributed by atoms with Gasteiger partial charge in [0.05, 0.1) is 30.7 Å². The lowest BCUT2D eigenvalue weighted by Crippen LogP contribution is -2.24. The van der Waals surface area contributed by atoms with Crippen LogP contribution in [0.2, 0.25) is 0 Å². The molecule has 0 aliphatic carbocycles. The fourth-order valence-corrected chi connectivity index (χ4v) is 9.99. The average molecular weight is 442 g/mol. The minimum Gasteiger partial charge on any atom is -0.0622 e. The Hall–Kier alpha value is -2.26. The van der Waals surface area contributed by atoms with Gasteiger partial charge in [-0.1, -0.05) is 97.1 Å². The van der Waals surface area contributed by atoms with E-state index in [2.05, 4.69) is 128 Å². The Balaban J connectivity index is 1.49. The van der Waals surface area contributed by atoms with Crippen LogP contribution in [0.3, 0.4) is 0 Å². The van der Waals surface area contributed by atoms with Gasteiger partial charge in [0.2, 0.25) is 0 Å². The molecule has 4 rings (SSSR count). The normalized spacial score (nSPS) is 11.5. The second-order valence-corrected chi connectivity index (χ2v) is 14.3. The molecule has 0 aliphatic heterocycles. The Bertz CT molecular complexity index is 952. The molecule has 0 fully saturated rings. The summed E-state index contributed by atoms with van der Waals surface area (Å²) in [5, 5.41) is 6.03. The number of benzene rings is 4. The fraction of sp³-hybridized carbons (Fsp3) is 0.172. The number of hydrogen-bond donors (Lipinski definition) is 0. The smallest absolute Gasteiger partial charge is 0.0622 e. The van der Waals surface area contributed by atoms with Crippen LogP contribution in [-0.2, 0) is 0 Å². The van der Waals surface area contributed by atoms with Gasteiger partial charge in [0, 0.05) is 0 Å². The maximum Gasteiger partial charge on any atom is 0.0988 e. The van der Waals surface area contributed by atoms with Gasteiger partial charge in [0.1, 0.15) is 0 Å². The molecule has 2 heteroatoms. The summed E-state index contributed by atoms with van der Waals surface area (Å²) in [5.41, 5.74) is 0. The minimum absolute atomic E-state index is 0.295. The molecule has 4 aromatic rings. The van der Waals surface area contributed by atoms with Crippen molar-refractivity contribution in [1.29, 1.82) is 0 Å². The molecule has 0 unspecified atom stereocenters. The van der Waals surface area contributed by atoms with Gasteiger partial charge in [-0.15, -0.1) is 0 Å². The van der Waals surface area contributed by atoms with Gasteiger partial charge >= 0.3 is 0 Å². The number of rotatable bonds is 9. The zero-order valence-electron chi connectivity index (χ0n) is 18.3. The molecule has 0 aliphatic rings. The van der Waals surface area contributed by atoms with E-state index in [9.17, 15) is 0 Å². The summed E-state index contributed by atoms with van der Waals surface area (Å²) < 4.78 is 0. The summed E-state index contributed by atoms with van der Waals surface area (Å²) in [6.45, 7) is 2.52. The molecular weight excluding hydrogens is 410 g/mol. The highest BCUT2D eigenvalue weighted by molar-refractivity contribution is 7.88. The first kappa shape index (κ1) is 22.0. The highest BCUT2D eigenvalue weighted by Crippen LogP contribution is 2.53. The summed E-state index contributed by atoms with van der Waals surface area (Å²) >= 11 is 0. The third-order valence-corrected chi connectivity index (χ3v) is 12.7. The number of hydrogen-bond acceptors (Lipinski definition) is 0.